The standard InChI is InChI=1S/C42H43FNO19P/c43-21-11-6-19(7-12-21)26(60-41-34(50)30(46)32(48)36(62-41)39(53)54)17-27(61-42-35(51)31(47)33(49)37(63-42)40(55)56)28-29(44(38(28)52)22-4-2-1-3-5-22)24-15-10-20(16-25(24)45)18-8-13-23(14-9-18)64(57,58)59/h1-16,26-37,41-42,45-51H,17H2,(H,53,54)(H,55,56)(H2,57,58,59)/t26-,27+,28+,29+,30?,31?,32+,33+,34+,35+,36?,37?,41-,42-/m0/s1. The van der Waals surface area contributed by atoms with Gasteiger partial charge in [0.25, 0.3) is 0 Å². The van der Waals surface area contributed by atoms with Crippen LogP contribution >= 0.6 is 7.60 Å². The first-order valence-corrected chi connectivity index (χ1v) is 21.2. The minimum absolute atomic E-state index is 0.0717. The Morgan fingerprint density at radius 3 is 1.75 bits per heavy atom. The second kappa shape index (κ2) is 18.7. The van der Waals surface area contributed by atoms with E-state index in [-0.39, 0.29) is 16.4 Å². The van der Waals surface area contributed by atoms with Crippen molar-refractivity contribution in [2.75, 3.05) is 4.90 Å². The van der Waals surface area contributed by atoms with E-state index >= 15 is 0 Å². The van der Waals surface area contributed by atoms with Crippen LogP contribution < -0.4 is 10.2 Å². The third-order valence-corrected chi connectivity index (χ3v) is 12.4. The molecule has 14 atom stereocenters. The number of carboxylic acids is 2. The number of carboxylic acid groups (broad SMARTS) is 2. The molecule has 4 aromatic rings. The molecule has 3 heterocycles. The van der Waals surface area contributed by atoms with E-state index in [1.807, 2.05) is 0 Å². The normalized spacial score (nSPS) is 30.6. The van der Waals surface area contributed by atoms with Crippen LogP contribution in [0.4, 0.5) is 10.1 Å². The topological polar surface area (TPSA) is 331 Å². The lowest BCUT2D eigenvalue weighted by molar-refractivity contribution is -0.320. The average Bonchev–Trinajstić information content (AvgIpc) is 3.25. The Labute approximate surface area is 361 Å². The predicted octanol–water partition coefficient (Wildman–Crippen LogP) is 0.0230. The summed E-state index contributed by atoms with van der Waals surface area (Å²) >= 11 is 0. The number of nitrogens with zero attached hydrogens (tertiary/aromatic N) is 1. The van der Waals surface area contributed by atoms with E-state index in [2.05, 4.69) is 0 Å². The molecule has 64 heavy (non-hydrogen) atoms. The maximum absolute atomic E-state index is 14.6. The zero-order valence-electron chi connectivity index (χ0n) is 33.0. The Kier molecular flexibility index (Phi) is 13.7. The summed E-state index contributed by atoms with van der Waals surface area (Å²) in [4.78, 5) is 59.2. The average molecular weight is 916 g/mol. The van der Waals surface area contributed by atoms with Crippen LogP contribution in [-0.4, -0.2) is 141 Å². The van der Waals surface area contributed by atoms with Gasteiger partial charge in [0, 0.05) is 17.7 Å². The molecule has 20 nitrogen and oxygen atoms in total. The Bertz CT molecular complexity index is 2370. The van der Waals surface area contributed by atoms with Gasteiger partial charge >= 0.3 is 19.5 Å². The first kappa shape index (κ1) is 46.8. The summed E-state index contributed by atoms with van der Waals surface area (Å²) in [6, 6.07) is 21.0. The van der Waals surface area contributed by atoms with Gasteiger partial charge < -0.3 is 79.6 Å². The number of amides is 1. The number of halogens is 1. The van der Waals surface area contributed by atoms with Crippen LogP contribution in [0.5, 0.6) is 5.75 Å². The highest BCUT2D eigenvalue weighted by Gasteiger charge is 2.57. The molecular formula is C42H43FNO19P. The second-order valence-electron chi connectivity index (χ2n) is 15.4. The summed E-state index contributed by atoms with van der Waals surface area (Å²) in [5, 5.41) is 95.1. The molecule has 22 heteroatoms. The lowest BCUT2D eigenvalue weighted by Gasteiger charge is -2.51. The number of hydrogen-bond donors (Lipinski definition) is 11. The van der Waals surface area contributed by atoms with Crippen molar-refractivity contribution in [1.29, 1.82) is 0 Å². The molecule has 3 fully saturated rings. The van der Waals surface area contributed by atoms with E-state index in [1.165, 1.54) is 53.4 Å². The Balaban J connectivity index is 1.33. The van der Waals surface area contributed by atoms with Crippen LogP contribution in [0, 0.1) is 11.7 Å². The molecule has 4 unspecified atom stereocenters. The monoisotopic (exact) mass is 915 g/mol. The van der Waals surface area contributed by atoms with Crippen LogP contribution in [0.2, 0.25) is 0 Å². The zero-order chi connectivity index (χ0) is 46.4. The van der Waals surface area contributed by atoms with E-state index in [9.17, 15) is 79.1 Å². The molecule has 0 aromatic heterocycles. The quantitative estimate of drug-likeness (QED) is 0.0587. The minimum atomic E-state index is -4.57. The molecule has 3 aliphatic heterocycles. The lowest BCUT2D eigenvalue weighted by Crippen LogP contribution is -2.64. The molecule has 4 aromatic carbocycles. The minimum Gasteiger partial charge on any atom is -0.508 e. The van der Waals surface area contributed by atoms with Gasteiger partial charge in [-0.25, -0.2) is 14.0 Å². The van der Waals surface area contributed by atoms with Crippen molar-refractivity contribution in [3.63, 3.8) is 0 Å². The highest BCUT2D eigenvalue weighted by Crippen LogP contribution is 2.51. The van der Waals surface area contributed by atoms with Gasteiger partial charge in [0.1, 0.15) is 48.2 Å². The molecule has 3 saturated heterocycles. The van der Waals surface area contributed by atoms with Crippen molar-refractivity contribution < 1.29 is 98.0 Å². The molecule has 7 rings (SSSR count). The van der Waals surface area contributed by atoms with Gasteiger partial charge in [0.05, 0.1) is 29.5 Å². The number of para-hydroxylation sites is 1. The van der Waals surface area contributed by atoms with Gasteiger partial charge in [-0.3, -0.25) is 9.36 Å². The van der Waals surface area contributed by atoms with Crippen LogP contribution in [0.1, 0.15) is 29.7 Å². The highest BCUT2D eigenvalue weighted by molar-refractivity contribution is 7.60. The van der Waals surface area contributed by atoms with Gasteiger partial charge in [0.15, 0.2) is 24.8 Å². The van der Waals surface area contributed by atoms with E-state index in [0.29, 0.717) is 16.8 Å². The Morgan fingerprint density at radius 2 is 1.23 bits per heavy atom. The number of aliphatic hydroxyl groups excluding tert-OH is 6. The van der Waals surface area contributed by atoms with Gasteiger partial charge in [-0.2, -0.15) is 0 Å². The predicted molar refractivity (Wildman–Crippen MR) is 214 cm³/mol. The number of aromatic hydroxyl groups is 1. The smallest absolute Gasteiger partial charge is 0.356 e. The van der Waals surface area contributed by atoms with Crippen molar-refractivity contribution in [1.82, 2.24) is 0 Å². The fourth-order valence-electron chi connectivity index (χ4n) is 8.01. The number of carbonyl (C=O) groups excluding carboxylic acids is 1. The SMILES string of the molecule is O=C(O)C1O[C@H](O[C@@H](C[C@@H](O[C@H]2OC(C(=O)O)[C@H](O)C(O)[C@H]2O)[C@H]2C(=O)N(c3ccccc3)[C@@H]2c2ccc(-c3ccc(P(=O)(O)O)cc3)cc2O)c2ccc(F)cc2)[C@H](O)C(O)[C@H]1O. The zero-order valence-corrected chi connectivity index (χ0v) is 33.9. The molecule has 0 saturated carbocycles. The molecule has 342 valence electrons. The number of phenols is 1. The Morgan fingerprint density at radius 1 is 0.703 bits per heavy atom. The van der Waals surface area contributed by atoms with Crippen molar-refractivity contribution in [2.24, 2.45) is 5.92 Å². The number of carbonyl (C=O) groups is 3. The third kappa shape index (κ3) is 9.30. The summed E-state index contributed by atoms with van der Waals surface area (Å²) in [6.45, 7) is 0. The summed E-state index contributed by atoms with van der Waals surface area (Å²) < 4.78 is 49.2. The van der Waals surface area contributed by atoms with Crippen molar-refractivity contribution in [2.45, 2.75) is 86.1 Å². The number of aliphatic hydroxyl groups is 6. The van der Waals surface area contributed by atoms with Gasteiger partial charge in [-0.1, -0.05) is 54.6 Å². The van der Waals surface area contributed by atoms with Crippen molar-refractivity contribution in [3.05, 3.63) is 114 Å². The highest BCUT2D eigenvalue weighted by atomic mass is 31.2. The maximum Gasteiger partial charge on any atom is 0.356 e. The number of rotatable bonds is 14. The number of benzene rings is 4. The summed E-state index contributed by atoms with van der Waals surface area (Å²) in [7, 11) is -4.57. The van der Waals surface area contributed by atoms with Crippen LogP contribution in [0.25, 0.3) is 11.1 Å². The molecule has 0 aliphatic carbocycles. The van der Waals surface area contributed by atoms with Crippen molar-refractivity contribution in [3.8, 4) is 16.9 Å². The molecule has 1 amide bonds. The van der Waals surface area contributed by atoms with E-state index < -0.39 is 129 Å². The fourth-order valence-corrected chi connectivity index (χ4v) is 8.55. The number of β-lactam (4-membered cyclic amide) rings is 1. The van der Waals surface area contributed by atoms with Crippen LogP contribution in [-0.2, 0) is 37.9 Å². The van der Waals surface area contributed by atoms with E-state index in [4.69, 9.17) is 18.9 Å². The summed E-state index contributed by atoms with van der Waals surface area (Å²) in [6.07, 6.45) is -25.1. The van der Waals surface area contributed by atoms with Gasteiger partial charge in [0.2, 0.25) is 5.91 Å². The number of ether oxygens (including phenoxy) is 4. The molecule has 3 aliphatic rings. The van der Waals surface area contributed by atoms with Crippen LogP contribution in [0.15, 0.2) is 97.1 Å². The molecule has 0 bridgehead atoms. The molecular weight excluding hydrogens is 872 g/mol. The number of aliphatic carboxylic acids is 2. The third-order valence-electron chi connectivity index (χ3n) is 11.4. The summed E-state index contributed by atoms with van der Waals surface area (Å²) in [5.41, 5.74) is 1.30. The second-order valence-corrected chi connectivity index (χ2v) is 17.0. The number of anilines is 1. The van der Waals surface area contributed by atoms with Crippen molar-refractivity contribution >= 4 is 36.4 Å². The Hall–Kier alpha value is -5.23. The van der Waals surface area contributed by atoms with E-state index in [0.717, 1.165) is 12.1 Å². The fraction of sp³-hybridized carbons (Fsp3) is 0.357. The first-order valence-electron chi connectivity index (χ1n) is 19.6. The van der Waals surface area contributed by atoms with Gasteiger partial charge in [-0.05, 0) is 59.2 Å². The first-order chi connectivity index (χ1) is 30.3. The largest absolute Gasteiger partial charge is 0.508 e. The maximum atomic E-state index is 14.6. The molecule has 11 N–H and O–H groups in total. The van der Waals surface area contributed by atoms with E-state index in [1.54, 1.807) is 36.4 Å². The molecule has 0 radical (unpaired) electrons. The summed E-state index contributed by atoms with van der Waals surface area (Å²) in [5.74, 6) is -6.78. The van der Waals surface area contributed by atoms with Crippen LogP contribution in [0.3, 0.4) is 0 Å². The number of hydrogen-bond acceptors (Lipinski definition) is 15. The number of phenolic OH excluding ortho intramolecular Hbond substituents is 1. The van der Waals surface area contributed by atoms with Gasteiger partial charge in [-0.15, -0.1) is 0 Å². The lowest BCUT2D eigenvalue weighted by atomic mass is 9.75. The molecule has 0 spiro atoms.